The Hall–Kier alpha value is -2.83. The summed E-state index contributed by atoms with van der Waals surface area (Å²) >= 11 is 0. The fraction of sp³-hybridized carbons (Fsp3) is 0.214. The van der Waals surface area contributed by atoms with Crippen molar-refractivity contribution in [3.63, 3.8) is 0 Å². The van der Waals surface area contributed by atoms with Crippen LogP contribution in [0.15, 0.2) is 42.9 Å². The van der Waals surface area contributed by atoms with Crippen molar-refractivity contribution in [1.29, 1.82) is 0 Å². The molecule has 0 bridgehead atoms. The average molecular weight is 283 g/mol. The first-order valence-corrected chi connectivity index (χ1v) is 6.57. The van der Waals surface area contributed by atoms with Crippen LogP contribution in [0.2, 0.25) is 0 Å². The van der Waals surface area contributed by atoms with Gasteiger partial charge in [0.15, 0.2) is 0 Å². The molecule has 1 aliphatic rings. The first-order chi connectivity index (χ1) is 10.3. The Labute approximate surface area is 120 Å². The lowest BCUT2D eigenvalue weighted by atomic mass is 10.0. The van der Waals surface area contributed by atoms with Gasteiger partial charge in [-0.3, -0.25) is 9.59 Å². The van der Waals surface area contributed by atoms with E-state index in [1.54, 1.807) is 12.5 Å². The van der Waals surface area contributed by atoms with Gasteiger partial charge in [-0.2, -0.15) is 0 Å². The summed E-state index contributed by atoms with van der Waals surface area (Å²) in [5, 5.41) is 2.99. The molecule has 0 fully saturated rings. The van der Waals surface area contributed by atoms with Crippen molar-refractivity contribution in [2.24, 2.45) is 0 Å². The first kappa shape index (κ1) is 13.2. The van der Waals surface area contributed by atoms with Gasteiger partial charge in [-0.25, -0.2) is 15.0 Å². The summed E-state index contributed by atoms with van der Waals surface area (Å²) in [7, 11) is 0. The third kappa shape index (κ3) is 2.71. The number of fused-ring (bicyclic) bond motifs is 1. The molecule has 21 heavy (non-hydrogen) atoms. The van der Waals surface area contributed by atoms with Crippen molar-refractivity contribution in [1.82, 2.24) is 24.8 Å². The predicted molar refractivity (Wildman–Crippen MR) is 73.6 cm³/mol. The third-order valence-electron chi connectivity index (χ3n) is 3.13. The van der Waals surface area contributed by atoms with E-state index in [2.05, 4.69) is 20.3 Å². The smallest absolute Gasteiger partial charge is 0.229 e. The van der Waals surface area contributed by atoms with Crippen molar-refractivity contribution in [2.75, 3.05) is 6.54 Å². The SMILES string of the molecule is O=C1C=C(NCCCn2ccnc2)C(=O)c2nccnc21. The van der Waals surface area contributed by atoms with Crippen molar-refractivity contribution < 1.29 is 9.59 Å². The molecular weight excluding hydrogens is 270 g/mol. The molecule has 0 aliphatic heterocycles. The Morgan fingerprint density at radius 3 is 2.67 bits per heavy atom. The zero-order valence-corrected chi connectivity index (χ0v) is 11.2. The molecule has 3 rings (SSSR count). The van der Waals surface area contributed by atoms with Crippen LogP contribution in [0.25, 0.3) is 0 Å². The number of ketones is 2. The highest BCUT2D eigenvalue weighted by atomic mass is 16.1. The summed E-state index contributed by atoms with van der Waals surface area (Å²) in [5.41, 5.74) is 0.507. The number of hydrogen-bond acceptors (Lipinski definition) is 6. The van der Waals surface area contributed by atoms with Crippen molar-refractivity contribution in [2.45, 2.75) is 13.0 Å². The highest BCUT2D eigenvalue weighted by molar-refractivity contribution is 6.22. The van der Waals surface area contributed by atoms with Gasteiger partial charge in [0, 0.05) is 44.0 Å². The number of imidazole rings is 1. The normalized spacial score (nSPS) is 13.8. The van der Waals surface area contributed by atoms with Gasteiger partial charge < -0.3 is 9.88 Å². The summed E-state index contributed by atoms with van der Waals surface area (Å²) in [6, 6.07) is 0. The van der Waals surface area contributed by atoms with Crippen LogP contribution in [0.4, 0.5) is 0 Å². The molecule has 0 saturated heterocycles. The van der Waals surface area contributed by atoms with E-state index in [4.69, 9.17) is 0 Å². The zero-order chi connectivity index (χ0) is 14.7. The van der Waals surface area contributed by atoms with Gasteiger partial charge in [0.2, 0.25) is 11.6 Å². The number of nitrogens with zero attached hydrogens (tertiary/aromatic N) is 4. The monoisotopic (exact) mass is 283 g/mol. The molecule has 0 amide bonds. The Balaban J connectivity index is 1.61. The van der Waals surface area contributed by atoms with E-state index in [0.717, 1.165) is 13.0 Å². The maximum atomic E-state index is 12.2. The molecule has 2 aromatic rings. The number of aryl methyl sites for hydroxylation is 1. The molecule has 1 aliphatic carbocycles. The fourth-order valence-corrected chi connectivity index (χ4v) is 2.11. The summed E-state index contributed by atoms with van der Waals surface area (Å²) < 4.78 is 1.95. The Morgan fingerprint density at radius 2 is 1.90 bits per heavy atom. The van der Waals surface area contributed by atoms with E-state index in [1.807, 2.05) is 10.8 Å². The molecule has 0 aromatic carbocycles. The second-order valence-corrected chi connectivity index (χ2v) is 4.59. The lowest BCUT2D eigenvalue weighted by Crippen LogP contribution is -2.29. The average Bonchev–Trinajstić information content (AvgIpc) is 3.02. The number of carbonyl (C=O) groups is 2. The molecule has 0 spiro atoms. The Kier molecular flexibility index (Phi) is 3.55. The van der Waals surface area contributed by atoms with Gasteiger partial charge in [0.1, 0.15) is 11.4 Å². The number of allylic oxidation sites excluding steroid dienone is 2. The molecule has 7 nitrogen and oxygen atoms in total. The van der Waals surface area contributed by atoms with E-state index in [-0.39, 0.29) is 28.7 Å². The second-order valence-electron chi connectivity index (χ2n) is 4.59. The van der Waals surface area contributed by atoms with E-state index in [1.165, 1.54) is 18.5 Å². The molecule has 2 heterocycles. The molecular formula is C14H13N5O2. The highest BCUT2D eigenvalue weighted by Crippen LogP contribution is 2.15. The van der Waals surface area contributed by atoms with Gasteiger partial charge in [-0.1, -0.05) is 0 Å². The number of aromatic nitrogens is 4. The number of hydrogen-bond donors (Lipinski definition) is 1. The molecule has 106 valence electrons. The molecule has 0 radical (unpaired) electrons. The summed E-state index contributed by atoms with van der Waals surface area (Å²) in [6.45, 7) is 1.37. The molecule has 2 aromatic heterocycles. The van der Waals surface area contributed by atoms with Gasteiger partial charge >= 0.3 is 0 Å². The lowest BCUT2D eigenvalue weighted by Gasteiger charge is -2.14. The maximum Gasteiger partial charge on any atom is 0.229 e. The third-order valence-corrected chi connectivity index (χ3v) is 3.13. The largest absolute Gasteiger partial charge is 0.382 e. The minimum absolute atomic E-state index is 0.113. The Bertz CT molecular complexity index is 706. The highest BCUT2D eigenvalue weighted by Gasteiger charge is 2.27. The Morgan fingerprint density at radius 1 is 1.10 bits per heavy atom. The standard InChI is InChI=1S/C14H13N5O2/c20-11-8-10(14(21)13-12(11)17-3-4-18-13)16-2-1-6-19-7-5-15-9-19/h3-5,7-9,16H,1-2,6H2. The van der Waals surface area contributed by atoms with Crippen LogP contribution in [0.1, 0.15) is 27.4 Å². The first-order valence-electron chi connectivity index (χ1n) is 6.57. The number of nitrogens with one attached hydrogen (secondary N) is 1. The van der Waals surface area contributed by atoms with E-state index in [0.29, 0.717) is 6.54 Å². The minimum Gasteiger partial charge on any atom is -0.382 e. The second kappa shape index (κ2) is 5.66. The lowest BCUT2D eigenvalue weighted by molar-refractivity contribution is 0.0970. The van der Waals surface area contributed by atoms with Crippen LogP contribution >= 0.6 is 0 Å². The molecule has 0 unspecified atom stereocenters. The van der Waals surface area contributed by atoms with E-state index < -0.39 is 0 Å². The molecule has 1 N–H and O–H groups in total. The van der Waals surface area contributed by atoms with Crippen LogP contribution in [-0.2, 0) is 6.54 Å². The van der Waals surface area contributed by atoms with E-state index in [9.17, 15) is 9.59 Å². The topological polar surface area (TPSA) is 89.8 Å². The van der Waals surface area contributed by atoms with Gasteiger partial charge in [0.05, 0.1) is 12.0 Å². The van der Waals surface area contributed by atoms with Crippen molar-refractivity contribution in [3.05, 3.63) is 54.3 Å². The molecule has 0 saturated carbocycles. The van der Waals surface area contributed by atoms with E-state index >= 15 is 0 Å². The van der Waals surface area contributed by atoms with Crippen LogP contribution in [0.3, 0.4) is 0 Å². The van der Waals surface area contributed by atoms with Gasteiger partial charge in [-0.15, -0.1) is 0 Å². The van der Waals surface area contributed by atoms with Crippen molar-refractivity contribution in [3.8, 4) is 0 Å². The van der Waals surface area contributed by atoms with Gasteiger partial charge in [0.25, 0.3) is 0 Å². The predicted octanol–water partition coefficient (Wildman–Crippen LogP) is 0.616. The number of rotatable bonds is 5. The van der Waals surface area contributed by atoms with Gasteiger partial charge in [-0.05, 0) is 6.42 Å². The summed E-state index contributed by atoms with van der Waals surface area (Å²) in [4.78, 5) is 35.9. The number of Topliss-reactive ketones (excluding diaryl/α,β-unsaturated/α-hetero) is 1. The van der Waals surface area contributed by atoms with Crippen LogP contribution in [0, 0.1) is 0 Å². The zero-order valence-electron chi connectivity index (χ0n) is 11.2. The molecule has 7 heteroatoms. The van der Waals surface area contributed by atoms with Crippen LogP contribution in [0.5, 0.6) is 0 Å². The molecule has 0 atom stereocenters. The minimum atomic E-state index is -0.296. The number of carbonyl (C=O) groups excluding carboxylic acids is 2. The summed E-state index contributed by atoms with van der Waals surface area (Å²) in [6.07, 6.45) is 10.2. The fourth-order valence-electron chi connectivity index (χ4n) is 2.11. The quantitative estimate of drug-likeness (QED) is 0.809. The summed E-state index contributed by atoms with van der Waals surface area (Å²) in [5.74, 6) is -0.588. The van der Waals surface area contributed by atoms with Crippen LogP contribution in [-0.4, -0.2) is 37.6 Å². The van der Waals surface area contributed by atoms with Crippen LogP contribution < -0.4 is 5.32 Å². The maximum absolute atomic E-state index is 12.2. The van der Waals surface area contributed by atoms with Crippen molar-refractivity contribution >= 4 is 11.6 Å².